The maximum Gasteiger partial charge on any atom is 0.310 e. The van der Waals surface area contributed by atoms with Gasteiger partial charge in [0.15, 0.2) is 21.5 Å². The molecule has 3 heterocycles. The fraction of sp³-hybridized carbons (Fsp3) is 0.591. The third-order valence-electron chi connectivity index (χ3n) is 5.92. The van der Waals surface area contributed by atoms with Crippen molar-refractivity contribution in [2.75, 3.05) is 18.1 Å². The van der Waals surface area contributed by atoms with E-state index in [0.29, 0.717) is 12.4 Å². The van der Waals surface area contributed by atoms with Gasteiger partial charge < -0.3 is 15.7 Å². The Bertz CT molecular complexity index is 1170. The lowest BCUT2D eigenvalue weighted by molar-refractivity contribution is -0.151. The van der Waals surface area contributed by atoms with Gasteiger partial charge in [0.2, 0.25) is 0 Å². The molecule has 0 unspecified atom stereocenters. The lowest BCUT2D eigenvalue weighted by atomic mass is 9.73. The van der Waals surface area contributed by atoms with Gasteiger partial charge in [-0.05, 0) is 54.0 Å². The lowest BCUT2D eigenvalue weighted by Crippen LogP contribution is -2.48. The van der Waals surface area contributed by atoms with Crippen LogP contribution >= 0.6 is 0 Å². The van der Waals surface area contributed by atoms with Crippen LogP contribution in [-0.4, -0.2) is 53.1 Å². The van der Waals surface area contributed by atoms with E-state index in [1.165, 1.54) is 0 Å². The Morgan fingerprint density at radius 1 is 1.36 bits per heavy atom. The summed E-state index contributed by atoms with van der Waals surface area (Å²) in [5.41, 5.74) is -0.827. The number of aromatic nitrogens is 3. The van der Waals surface area contributed by atoms with Crippen LogP contribution in [0.15, 0.2) is 17.0 Å². The standard InChI is InChI=1S/C22H32FN5O4S/c1-13-11-22(20(29)30,7-8-24-13)12-15-19(23)16(33(6,31)32)10-17(25-15)26-18-9-14(2)28(27-18)21(3,4)5/h9-10,13,24H,7-8,11-12H2,1-6H3,(H,29,30)(H,25,26,27)/t13-,22-/m1/s1. The first-order valence-electron chi connectivity index (χ1n) is 10.8. The Balaban J connectivity index is 2.07. The Kier molecular flexibility index (Phi) is 6.60. The molecule has 2 aromatic heterocycles. The van der Waals surface area contributed by atoms with Crippen molar-refractivity contribution in [2.45, 2.75) is 70.4 Å². The zero-order valence-electron chi connectivity index (χ0n) is 19.9. The minimum Gasteiger partial charge on any atom is -0.481 e. The predicted octanol–water partition coefficient (Wildman–Crippen LogP) is 3.01. The zero-order chi connectivity index (χ0) is 24.8. The molecule has 1 fully saturated rings. The van der Waals surface area contributed by atoms with Gasteiger partial charge >= 0.3 is 5.97 Å². The van der Waals surface area contributed by atoms with Gasteiger partial charge in [-0.1, -0.05) is 0 Å². The molecular weight excluding hydrogens is 449 g/mol. The summed E-state index contributed by atoms with van der Waals surface area (Å²) in [7, 11) is -3.93. The highest BCUT2D eigenvalue weighted by Crippen LogP contribution is 2.37. The fourth-order valence-electron chi connectivity index (χ4n) is 4.42. The second-order valence-corrected chi connectivity index (χ2v) is 12.0. The number of carboxylic acids is 1. The topological polar surface area (TPSA) is 126 Å². The van der Waals surface area contributed by atoms with Gasteiger partial charge in [-0.25, -0.2) is 17.8 Å². The first-order chi connectivity index (χ1) is 15.1. The average molecular weight is 482 g/mol. The average Bonchev–Trinajstić information content (AvgIpc) is 3.03. The Morgan fingerprint density at radius 3 is 2.55 bits per heavy atom. The molecule has 0 saturated carbocycles. The highest BCUT2D eigenvalue weighted by atomic mass is 32.2. The predicted molar refractivity (Wildman–Crippen MR) is 123 cm³/mol. The molecule has 0 spiro atoms. The molecular formula is C22H32FN5O4S. The van der Waals surface area contributed by atoms with Crippen LogP contribution in [0.2, 0.25) is 0 Å². The quantitative estimate of drug-likeness (QED) is 0.575. The first-order valence-corrected chi connectivity index (χ1v) is 12.7. The van der Waals surface area contributed by atoms with Gasteiger partial charge in [-0.2, -0.15) is 5.10 Å². The Morgan fingerprint density at radius 2 is 2.03 bits per heavy atom. The van der Waals surface area contributed by atoms with Gasteiger partial charge in [0.1, 0.15) is 10.7 Å². The lowest BCUT2D eigenvalue weighted by Gasteiger charge is -2.37. The molecule has 11 heteroatoms. The third kappa shape index (κ3) is 5.35. The van der Waals surface area contributed by atoms with Crippen molar-refractivity contribution in [1.82, 2.24) is 20.1 Å². The number of nitrogens with one attached hydrogen (secondary N) is 2. The number of piperidine rings is 1. The maximum atomic E-state index is 15.3. The molecule has 1 saturated heterocycles. The van der Waals surface area contributed by atoms with E-state index in [4.69, 9.17) is 0 Å². The van der Waals surface area contributed by atoms with Gasteiger partial charge in [0.25, 0.3) is 0 Å². The molecule has 182 valence electrons. The summed E-state index contributed by atoms with van der Waals surface area (Å²) in [6.07, 6.45) is 1.27. The van der Waals surface area contributed by atoms with Crippen molar-refractivity contribution in [3.8, 4) is 0 Å². The minimum atomic E-state index is -3.93. The van der Waals surface area contributed by atoms with Crippen LogP contribution in [0.1, 0.15) is 51.9 Å². The SMILES string of the molecule is Cc1cc(Nc2cc(S(C)(=O)=O)c(F)c(C[C@@]3(C(=O)O)CCN[C@H](C)C3)n2)nn1C(C)(C)C. The maximum absolute atomic E-state index is 15.3. The number of aliphatic carboxylic acids is 1. The number of carbonyl (C=O) groups is 1. The van der Waals surface area contributed by atoms with Crippen LogP contribution in [-0.2, 0) is 26.6 Å². The highest BCUT2D eigenvalue weighted by Gasteiger charge is 2.43. The molecule has 33 heavy (non-hydrogen) atoms. The Labute approximate surface area is 193 Å². The van der Waals surface area contributed by atoms with E-state index < -0.39 is 31.9 Å². The fourth-order valence-corrected chi connectivity index (χ4v) is 5.19. The van der Waals surface area contributed by atoms with E-state index in [-0.39, 0.29) is 42.4 Å². The monoisotopic (exact) mass is 481 g/mol. The van der Waals surface area contributed by atoms with Crippen LogP contribution < -0.4 is 10.6 Å². The van der Waals surface area contributed by atoms with Crippen LogP contribution in [0, 0.1) is 18.2 Å². The molecule has 3 rings (SSSR count). The summed E-state index contributed by atoms with van der Waals surface area (Å²) in [5, 5.41) is 20.7. The second-order valence-electron chi connectivity index (χ2n) is 9.99. The highest BCUT2D eigenvalue weighted by molar-refractivity contribution is 7.90. The normalized spacial score (nSPS) is 21.7. The van der Waals surface area contributed by atoms with Crippen LogP contribution in [0.25, 0.3) is 0 Å². The number of hydrogen-bond donors (Lipinski definition) is 3. The van der Waals surface area contributed by atoms with Crippen molar-refractivity contribution in [3.05, 3.63) is 29.3 Å². The molecule has 1 aliphatic rings. The smallest absolute Gasteiger partial charge is 0.310 e. The van der Waals surface area contributed by atoms with Gasteiger partial charge in [-0.15, -0.1) is 0 Å². The van der Waals surface area contributed by atoms with E-state index >= 15 is 4.39 Å². The summed E-state index contributed by atoms with van der Waals surface area (Å²) in [6, 6.07) is 2.83. The summed E-state index contributed by atoms with van der Waals surface area (Å²) in [6.45, 7) is 10.2. The zero-order valence-corrected chi connectivity index (χ0v) is 20.7. The van der Waals surface area contributed by atoms with Gasteiger partial charge in [-0.3, -0.25) is 9.48 Å². The number of pyridine rings is 1. The number of halogens is 1. The number of hydrogen-bond acceptors (Lipinski definition) is 7. The van der Waals surface area contributed by atoms with Crippen LogP contribution in [0.5, 0.6) is 0 Å². The molecule has 0 aromatic carbocycles. The van der Waals surface area contributed by atoms with E-state index in [1.807, 2.05) is 39.3 Å². The van der Waals surface area contributed by atoms with E-state index in [0.717, 1.165) is 18.0 Å². The van der Waals surface area contributed by atoms with E-state index in [9.17, 15) is 18.3 Å². The number of sulfone groups is 1. The summed E-state index contributed by atoms with van der Waals surface area (Å²) < 4.78 is 41.7. The number of nitrogens with zero attached hydrogens (tertiary/aromatic N) is 3. The molecule has 0 bridgehead atoms. The van der Waals surface area contributed by atoms with Crippen LogP contribution in [0.3, 0.4) is 0 Å². The first kappa shape index (κ1) is 25.1. The molecule has 3 N–H and O–H groups in total. The largest absolute Gasteiger partial charge is 0.481 e. The summed E-state index contributed by atoms with van der Waals surface area (Å²) in [5.74, 6) is -1.54. The van der Waals surface area contributed by atoms with Crippen molar-refractivity contribution >= 4 is 27.4 Å². The number of rotatable bonds is 6. The number of carboxylic acid groups (broad SMARTS) is 1. The van der Waals surface area contributed by atoms with Crippen molar-refractivity contribution in [2.24, 2.45) is 5.41 Å². The van der Waals surface area contributed by atoms with Crippen molar-refractivity contribution in [1.29, 1.82) is 0 Å². The molecule has 1 aliphatic heterocycles. The third-order valence-corrected chi connectivity index (χ3v) is 7.02. The molecule has 0 amide bonds. The minimum absolute atomic E-state index is 0.0714. The molecule has 0 radical (unpaired) electrons. The van der Waals surface area contributed by atoms with Crippen molar-refractivity contribution < 1.29 is 22.7 Å². The van der Waals surface area contributed by atoms with Gasteiger partial charge in [0, 0.05) is 36.5 Å². The number of aryl methyl sites for hydroxylation is 1. The van der Waals surface area contributed by atoms with Crippen LogP contribution in [0.4, 0.5) is 16.0 Å². The summed E-state index contributed by atoms with van der Waals surface area (Å²) >= 11 is 0. The number of anilines is 2. The van der Waals surface area contributed by atoms with E-state index in [1.54, 1.807) is 6.07 Å². The van der Waals surface area contributed by atoms with E-state index in [2.05, 4.69) is 20.7 Å². The second kappa shape index (κ2) is 8.68. The van der Waals surface area contributed by atoms with Crippen molar-refractivity contribution in [3.63, 3.8) is 0 Å². The molecule has 9 nitrogen and oxygen atoms in total. The molecule has 0 aliphatic carbocycles. The molecule has 2 aromatic rings. The van der Waals surface area contributed by atoms with Gasteiger partial charge in [0.05, 0.1) is 16.6 Å². The molecule has 2 atom stereocenters. The summed E-state index contributed by atoms with van der Waals surface area (Å²) in [4.78, 5) is 16.0. The Hall–Kier alpha value is -2.53.